The number of carbonyl (C=O) groups is 1. The SMILES string of the molecule is CCC[C@@H](OC[C@H](O)CN1CCC[C@H]1Cc1ccc(C)c(F)c1)c1cccc(C)c1CCC(=O)OCC. The number of aliphatic hydroxyl groups is 1. The second kappa shape index (κ2) is 14.6. The lowest BCUT2D eigenvalue weighted by Crippen LogP contribution is -2.39. The molecule has 1 saturated heterocycles. The number of aryl methyl sites for hydroxylation is 2. The van der Waals surface area contributed by atoms with Crippen LogP contribution in [-0.4, -0.2) is 54.4 Å². The summed E-state index contributed by atoms with van der Waals surface area (Å²) in [5.74, 6) is -0.344. The van der Waals surface area contributed by atoms with Crippen molar-refractivity contribution in [1.29, 1.82) is 0 Å². The number of rotatable bonds is 14. The second-order valence-corrected chi connectivity index (χ2v) is 10.3. The highest BCUT2D eigenvalue weighted by Gasteiger charge is 2.27. The van der Waals surface area contributed by atoms with E-state index in [9.17, 15) is 14.3 Å². The zero-order valence-electron chi connectivity index (χ0n) is 23.0. The maximum Gasteiger partial charge on any atom is 0.306 e. The Labute approximate surface area is 222 Å². The standard InChI is InChI=1S/C31H44FNO4/c1-5-9-30(28-12-7-10-22(3)27(28)15-16-31(35)36-6-2)37-21-26(34)20-33-17-8-11-25(33)18-24-14-13-23(4)29(32)19-24/h7,10,12-14,19,25-26,30,34H,5-6,8-9,11,15-18,20-21H2,1-4H3/t25-,26+,30+/m0/s1. The number of β-amino-alcohol motifs (C(OH)–C–C–N with tert-alkyl or cyclic N) is 1. The Morgan fingerprint density at radius 3 is 2.73 bits per heavy atom. The molecule has 0 aromatic heterocycles. The largest absolute Gasteiger partial charge is 0.466 e. The van der Waals surface area contributed by atoms with Gasteiger partial charge in [-0.1, -0.05) is 43.7 Å². The zero-order valence-corrected chi connectivity index (χ0v) is 23.0. The van der Waals surface area contributed by atoms with E-state index >= 15 is 0 Å². The van der Waals surface area contributed by atoms with Gasteiger partial charge in [-0.25, -0.2) is 4.39 Å². The number of aliphatic hydroxyl groups excluding tert-OH is 1. The Bertz CT molecular complexity index is 1010. The third-order valence-electron chi connectivity index (χ3n) is 7.37. The van der Waals surface area contributed by atoms with E-state index in [-0.39, 0.29) is 24.5 Å². The average Bonchev–Trinajstić information content (AvgIpc) is 3.29. The number of nitrogens with zero attached hydrogens (tertiary/aromatic N) is 1. The molecule has 0 amide bonds. The van der Waals surface area contributed by atoms with Crippen LogP contribution in [0, 0.1) is 19.7 Å². The van der Waals surface area contributed by atoms with Gasteiger partial charge >= 0.3 is 5.97 Å². The van der Waals surface area contributed by atoms with Crippen LogP contribution in [0.5, 0.6) is 0 Å². The van der Waals surface area contributed by atoms with Crippen molar-refractivity contribution in [3.63, 3.8) is 0 Å². The van der Waals surface area contributed by atoms with Crippen LogP contribution in [-0.2, 0) is 27.1 Å². The van der Waals surface area contributed by atoms with Crippen LogP contribution in [0.4, 0.5) is 4.39 Å². The van der Waals surface area contributed by atoms with E-state index in [4.69, 9.17) is 9.47 Å². The van der Waals surface area contributed by atoms with E-state index in [0.717, 1.165) is 60.9 Å². The molecule has 204 valence electrons. The summed E-state index contributed by atoms with van der Waals surface area (Å²) < 4.78 is 25.5. The van der Waals surface area contributed by atoms with Gasteiger partial charge in [0.25, 0.3) is 0 Å². The van der Waals surface area contributed by atoms with Gasteiger partial charge in [-0.3, -0.25) is 9.69 Å². The molecule has 0 saturated carbocycles. The van der Waals surface area contributed by atoms with Crippen LogP contribution in [0.3, 0.4) is 0 Å². The molecule has 1 aliphatic rings. The molecule has 2 aromatic rings. The lowest BCUT2D eigenvalue weighted by Gasteiger charge is -2.28. The first-order chi connectivity index (χ1) is 17.8. The maximum atomic E-state index is 14.0. The molecule has 0 unspecified atom stereocenters. The van der Waals surface area contributed by atoms with E-state index in [1.165, 1.54) is 0 Å². The number of hydrogen-bond donors (Lipinski definition) is 1. The van der Waals surface area contributed by atoms with Crippen molar-refractivity contribution in [1.82, 2.24) is 4.90 Å². The van der Waals surface area contributed by atoms with Crippen molar-refractivity contribution >= 4 is 5.97 Å². The van der Waals surface area contributed by atoms with Gasteiger partial charge in [0, 0.05) is 19.0 Å². The fraction of sp³-hybridized carbons (Fsp3) is 0.581. The molecule has 1 aliphatic heterocycles. The smallest absolute Gasteiger partial charge is 0.306 e. The Morgan fingerprint density at radius 1 is 1.19 bits per heavy atom. The van der Waals surface area contributed by atoms with Gasteiger partial charge in [0.1, 0.15) is 5.82 Å². The highest BCUT2D eigenvalue weighted by Crippen LogP contribution is 2.30. The predicted molar refractivity (Wildman–Crippen MR) is 145 cm³/mol. The molecule has 37 heavy (non-hydrogen) atoms. The minimum absolute atomic E-state index is 0.137. The van der Waals surface area contributed by atoms with E-state index in [1.807, 2.05) is 25.1 Å². The first kappa shape index (κ1) is 29.3. The molecule has 1 heterocycles. The van der Waals surface area contributed by atoms with Crippen molar-refractivity contribution in [3.05, 3.63) is 70.0 Å². The van der Waals surface area contributed by atoms with E-state index in [2.05, 4.69) is 30.9 Å². The van der Waals surface area contributed by atoms with Crippen molar-refractivity contribution in [2.24, 2.45) is 0 Å². The molecule has 2 aromatic carbocycles. The lowest BCUT2D eigenvalue weighted by molar-refractivity contribution is -0.143. The lowest BCUT2D eigenvalue weighted by atomic mass is 9.92. The molecule has 1 N–H and O–H groups in total. The Morgan fingerprint density at radius 2 is 2.00 bits per heavy atom. The second-order valence-electron chi connectivity index (χ2n) is 10.3. The van der Waals surface area contributed by atoms with Crippen LogP contribution < -0.4 is 0 Å². The molecule has 6 heteroatoms. The summed E-state index contributed by atoms with van der Waals surface area (Å²) in [5, 5.41) is 10.9. The number of ether oxygens (including phenoxy) is 2. The van der Waals surface area contributed by atoms with Gasteiger partial charge in [0.15, 0.2) is 0 Å². The third kappa shape index (κ3) is 8.62. The summed E-state index contributed by atoms with van der Waals surface area (Å²) in [7, 11) is 0. The molecule has 3 atom stereocenters. The van der Waals surface area contributed by atoms with Crippen molar-refractivity contribution in [2.45, 2.75) is 90.9 Å². The molecule has 1 fully saturated rings. The van der Waals surface area contributed by atoms with E-state index in [1.54, 1.807) is 13.0 Å². The Balaban J connectivity index is 1.60. The normalized spacial score (nSPS) is 17.6. The molecule has 0 bridgehead atoms. The summed E-state index contributed by atoms with van der Waals surface area (Å²) in [5.41, 5.74) is 5.04. The van der Waals surface area contributed by atoms with Gasteiger partial charge in [-0.15, -0.1) is 0 Å². The summed E-state index contributed by atoms with van der Waals surface area (Å²) in [6.45, 7) is 9.91. The highest BCUT2D eigenvalue weighted by molar-refractivity contribution is 5.69. The minimum atomic E-state index is -0.609. The van der Waals surface area contributed by atoms with Crippen LogP contribution in [0.1, 0.15) is 79.9 Å². The molecule has 3 rings (SSSR count). The zero-order chi connectivity index (χ0) is 26.8. The van der Waals surface area contributed by atoms with E-state index < -0.39 is 6.10 Å². The molecular weight excluding hydrogens is 469 g/mol. The van der Waals surface area contributed by atoms with Crippen LogP contribution >= 0.6 is 0 Å². The van der Waals surface area contributed by atoms with Gasteiger partial charge in [-0.2, -0.15) is 0 Å². The number of carbonyl (C=O) groups excluding carboxylic acids is 1. The summed E-state index contributed by atoms with van der Waals surface area (Å²) in [4.78, 5) is 14.3. The first-order valence-corrected chi connectivity index (χ1v) is 13.8. The van der Waals surface area contributed by atoms with Crippen molar-refractivity contribution in [2.75, 3.05) is 26.3 Å². The molecule has 0 radical (unpaired) electrons. The van der Waals surface area contributed by atoms with Crippen LogP contribution in [0.25, 0.3) is 0 Å². The minimum Gasteiger partial charge on any atom is -0.466 e. The number of halogens is 1. The molecule has 0 aliphatic carbocycles. The van der Waals surface area contributed by atoms with Gasteiger partial charge < -0.3 is 14.6 Å². The summed E-state index contributed by atoms with van der Waals surface area (Å²) >= 11 is 0. The van der Waals surface area contributed by atoms with Crippen molar-refractivity contribution in [3.8, 4) is 0 Å². The molecular formula is C31H44FNO4. The Hall–Kier alpha value is -2.28. The maximum absolute atomic E-state index is 14.0. The quantitative estimate of drug-likeness (QED) is 0.321. The number of benzene rings is 2. The fourth-order valence-electron chi connectivity index (χ4n) is 5.37. The van der Waals surface area contributed by atoms with Crippen LogP contribution in [0.2, 0.25) is 0 Å². The number of hydrogen-bond acceptors (Lipinski definition) is 5. The van der Waals surface area contributed by atoms with Gasteiger partial charge in [-0.05, 0) is 93.3 Å². The average molecular weight is 514 g/mol. The molecule has 5 nitrogen and oxygen atoms in total. The van der Waals surface area contributed by atoms with Crippen LogP contribution in [0.15, 0.2) is 36.4 Å². The third-order valence-corrected chi connectivity index (χ3v) is 7.37. The van der Waals surface area contributed by atoms with Gasteiger partial charge in [0.05, 0.1) is 25.4 Å². The highest BCUT2D eigenvalue weighted by atomic mass is 19.1. The monoisotopic (exact) mass is 513 g/mol. The fourth-order valence-corrected chi connectivity index (χ4v) is 5.37. The van der Waals surface area contributed by atoms with Gasteiger partial charge in [0.2, 0.25) is 0 Å². The number of likely N-dealkylation sites (tertiary alicyclic amines) is 1. The summed E-state index contributed by atoms with van der Waals surface area (Å²) in [6.07, 6.45) is 4.92. The molecule has 0 spiro atoms. The first-order valence-electron chi connectivity index (χ1n) is 13.8. The van der Waals surface area contributed by atoms with E-state index in [0.29, 0.717) is 37.6 Å². The summed E-state index contributed by atoms with van der Waals surface area (Å²) in [6, 6.07) is 12.0. The number of esters is 1. The predicted octanol–water partition coefficient (Wildman–Crippen LogP) is 5.86. The topological polar surface area (TPSA) is 59.0 Å². The Kier molecular flexibility index (Phi) is 11.6. The van der Waals surface area contributed by atoms with Crippen molar-refractivity contribution < 1.29 is 23.8 Å².